The fourth-order valence-electron chi connectivity index (χ4n) is 0.910. The molecule has 0 fully saturated rings. The highest BCUT2D eigenvalue weighted by atomic mass is 32.2. The molecule has 0 saturated carbocycles. The monoisotopic (exact) mass is 204 g/mol. The van der Waals surface area contributed by atoms with Crippen LogP contribution in [0.25, 0.3) is 0 Å². The average Bonchev–Trinajstić information content (AvgIpc) is 2.47. The molecule has 13 heavy (non-hydrogen) atoms. The van der Waals surface area contributed by atoms with Crippen LogP contribution in [-0.2, 0) is 16.4 Å². The molecule has 1 heterocycles. The zero-order valence-corrected chi connectivity index (χ0v) is 8.45. The van der Waals surface area contributed by atoms with Gasteiger partial charge in [0.15, 0.2) is 0 Å². The fourth-order valence-corrected chi connectivity index (χ4v) is 1.61. The number of sulfone groups is 1. The van der Waals surface area contributed by atoms with Crippen LogP contribution in [0.15, 0.2) is 5.16 Å². The Morgan fingerprint density at radius 1 is 1.46 bits per heavy atom. The van der Waals surface area contributed by atoms with Crippen molar-refractivity contribution >= 4 is 9.84 Å². The van der Waals surface area contributed by atoms with Crippen molar-refractivity contribution in [3.05, 3.63) is 0 Å². The van der Waals surface area contributed by atoms with Gasteiger partial charge in [-0.05, 0) is 16.8 Å². The van der Waals surface area contributed by atoms with Gasteiger partial charge >= 0.3 is 0 Å². The van der Waals surface area contributed by atoms with Crippen molar-refractivity contribution in [3.8, 4) is 0 Å². The van der Waals surface area contributed by atoms with E-state index in [-0.39, 0.29) is 5.16 Å². The van der Waals surface area contributed by atoms with Crippen LogP contribution in [-0.4, -0.2) is 34.9 Å². The minimum absolute atomic E-state index is 0.0547. The van der Waals surface area contributed by atoms with Crippen molar-refractivity contribution < 1.29 is 8.42 Å². The van der Waals surface area contributed by atoms with Crippen LogP contribution >= 0.6 is 0 Å². The lowest BCUT2D eigenvalue weighted by molar-refractivity contribution is 0.502. The molecule has 0 aliphatic rings. The van der Waals surface area contributed by atoms with Gasteiger partial charge in [-0.3, -0.25) is 0 Å². The number of aryl methyl sites for hydroxylation is 1. The molecule has 1 aromatic heterocycles. The molecule has 0 atom stereocenters. The van der Waals surface area contributed by atoms with E-state index >= 15 is 0 Å². The van der Waals surface area contributed by atoms with E-state index in [0.29, 0.717) is 6.54 Å². The van der Waals surface area contributed by atoms with Gasteiger partial charge in [0.25, 0.3) is 5.16 Å². The van der Waals surface area contributed by atoms with Gasteiger partial charge in [0, 0.05) is 12.8 Å². The summed E-state index contributed by atoms with van der Waals surface area (Å²) in [7, 11) is -3.29. The Hall–Kier alpha value is -0.980. The molecule has 0 unspecified atom stereocenters. The molecular formula is C6H12N4O2S. The standard InChI is InChI=1S/C6H12N4O2S/c1-3-4-5-10-6(7-8-9-10)13(2,11)12/h3-5H2,1-2H3. The second-order valence-corrected chi connectivity index (χ2v) is 4.72. The summed E-state index contributed by atoms with van der Waals surface area (Å²) in [5, 5.41) is 10.3. The van der Waals surface area contributed by atoms with E-state index in [9.17, 15) is 8.42 Å². The maximum Gasteiger partial charge on any atom is 0.267 e. The summed E-state index contributed by atoms with van der Waals surface area (Å²) >= 11 is 0. The number of hydrogen-bond donors (Lipinski definition) is 0. The lowest BCUT2D eigenvalue weighted by Crippen LogP contribution is -2.10. The van der Waals surface area contributed by atoms with E-state index in [1.807, 2.05) is 6.92 Å². The van der Waals surface area contributed by atoms with Crippen molar-refractivity contribution in [3.63, 3.8) is 0 Å². The predicted octanol–water partition coefficient (Wildman–Crippen LogP) is -0.123. The topological polar surface area (TPSA) is 77.7 Å². The number of unbranched alkanes of at least 4 members (excludes halogenated alkanes) is 1. The zero-order valence-electron chi connectivity index (χ0n) is 7.63. The second-order valence-electron chi connectivity index (χ2n) is 2.81. The Balaban J connectivity index is 2.90. The molecule has 1 rings (SSSR count). The zero-order chi connectivity index (χ0) is 9.90. The van der Waals surface area contributed by atoms with Gasteiger partial charge in [-0.25, -0.2) is 13.1 Å². The Morgan fingerprint density at radius 2 is 2.15 bits per heavy atom. The maximum atomic E-state index is 11.1. The van der Waals surface area contributed by atoms with Crippen LogP contribution in [0, 0.1) is 0 Å². The van der Waals surface area contributed by atoms with Crippen LogP contribution in [0.3, 0.4) is 0 Å². The molecule has 0 N–H and O–H groups in total. The Bertz CT molecular complexity index is 370. The molecular weight excluding hydrogens is 192 g/mol. The van der Waals surface area contributed by atoms with Crippen molar-refractivity contribution in [1.82, 2.24) is 20.2 Å². The van der Waals surface area contributed by atoms with Crippen molar-refractivity contribution in [2.45, 2.75) is 31.5 Å². The molecule has 1 aromatic rings. The SMILES string of the molecule is CCCCn1nnnc1S(C)(=O)=O. The quantitative estimate of drug-likeness (QED) is 0.683. The summed E-state index contributed by atoms with van der Waals surface area (Å²) < 4.78 is 23.5. The van der Waals surface area contributed by atoms with Gasteiger partial charge in [0.1, 0.15) is 0 Å². The first-order valence-electron chi connectivity index (χ1n) is 4.02. The Labute approximate surface area is 76.9 Å². The number of aromatic nitrogens is 4. The van der Waals surface area contributed by atoms with Gasteiger partial charge in [-0.15, -0.1) is 0 Å². The van der Waals surface area contributed by atoms with Crippen molar-refractivity contribution in [2.75, 3.05) is 6.26 Å². The van der Waals surface area contributed by atoms with Gasteiger partial charge in [-0.2, -0.15) is 0 Å². The summed E-state index contributed by atoms with van der Waals surface area (Å²) in [6, 6.07) is 0. The van der Waals surface area contributed by atoms with E-state index in [1.165, 1.54) is 4.68 Å². The van der Waals surface area contributed by atoms with Crippen molar-refractivity contribution in [1.29, 1.82) is 0 Å². The van der Waals surface area contributed by atoms with E-state index in [2.05, 4.69) is 15.5 Å². The van der Waals surface area contributed by atoms with Gasteiger partial charge < -0.3 is 0 Å². The highest BCUT2D eigenvalue weighted by Gasteiger charge is 2.16. The molecule has 0 radical (unpaired) electrons. The normalized spacial score (nSPS) is 11.8. The summed E-state index contributed by atoms with van der Waals surface area (Å²) in [5.41, 5.74) is 0. The minimum Gasteiger partial charge on any atom is -0.221 e. The van der Waals surface area contributed by atoms with E-state index in [1.54, 1.807) is 0 Å². The lowest BCUT2D eigenvalue weighted by Gasteiger charge is -2.00. The first kappa shape index (κ1) is 10.1. The molecule has 0 saturated heterocycles. The van der Waals surface area contributed by atoms with Gasteiger partial charge in [0.05, 0.1) is 0 Å². The van der Waals surface area contributed by atoms with Gasteiger partial charge in [0.2, 0.25) is 9.84 Å². The molecule has 7 heteroatoms. The summed E-state index contributed by atoms with van der Waals surface area (Å²) in [5.74, 6) is 0. The number of rotatable bonds is 4. The fraction of sp³-hybridized carbons (Fsp3) is 0.833. The molecule has 0 aromatic carbocycles. The van der Waals surface area contributed by atoms with Crippen molar-refractivity contribution in [2.24, 2.45) is 0 Å². The van der Waals surface area contributed by atoms with E-state index in [0.717, 1.165) is 19.1 Å². The smallest absolute Gasteiger partial charge is 0.221 e. The third-order valence-corrected chi connectivity index (χ3v) is 2.51. The first-order chi connectivity index (χ1) is 6.05. The number of nitrogens with zero attached hydrogens (tertiary/aromatic N) is 4. The second kappa shape index (κ2) is 3.82. The van der Waals surface area contributed by atoms with Crippen LogP contribution in [0.1, 0.15) is 19.8 Å². The average molecular weight is 204 g/mol. The molecule has 74 valence electrons. The Morgan fingerprint density at radius 3 is 2.69 bits per heavy atom. The highest BCUT2D eigenvalue weighted by Crippen LogP contribution is 2.03. The predicted molar refractivity (Wildman–Crippen MR) is 45.8 cm³/mol. The lowest BCUT2D eigenvalue weighted by atomic mass is 10.3. The van der Waals surface area contributed by atoms with Crippen LogP contribution in [0.5, 0.6) is 0 Å². The largest absolute Gasteiger partial charge is 0.267 e. The van der Waals surface area contributed by atoms with E-state index in [4.69, 9.17) is 0 Å². The molecule has 0 aliphatic carbocycles. The molecule has 0 aliphatic heterocycles. The van der Waals surface area contributed by atoms with Gasteiger partial charge in [-0.1, -0.05) is 18.4 Å². The highest BCUT2D eigenvalue weighted by molar-refractivity contribution is 7.90. The third-order valence-electron chi connectivity index (χ3n) is 1.55. The summed E-state index contributed by atoms with van der Waals surface area (Å²) in [6.07, 6.45) is 2.94. The van der Waals surface area contributed by atoms with E-state index < -0.39 is 9.84 Å². The number of tetrazole rings is 1. The molecule has 0 bridgehead atoms. The number of hydrogen-bond acceptors (Lipinski definition) is 5. The van der Waals surface area contributed by atoms with Crippen LogP contribution in [0.4, 0.5) is 0 Å². The minimum atomic E-state index is -3.29. The molecule has 0 amide bonds. The first-order valence-corrected chi connectivity index (χ1v) is 5.91. The van der Waals surface area contributed by atoms with Crippen LogP contribution in [0.2, 0.25) is 0 Å². The summed E-state index contributed by atoms with van der Waals surface area (Å²) in [4.78, 5) is 0. The maximum absolute atomic E-state index is 11.1. The molecule has 0 spiro atoms. The van der Waals surface area contributed by atoms with Crippen LogP contribution < -0.4 is 0 Å². The third kappa shape index (κ3) is 2.48. The Kier molecular flexibility index (Phi) is 2.97. The molecule has 6 nitrogen and oxygen atoms in total. The summed E-state index contributed by atoms with van der Waals surface area (Å²) in [6.45, 7) is 2.57.